The minimum Gasteiger partial charge on any atom is -0.370 e. The highest BCUT2D eigenvalue weighted by atomic mass is 35.5. The Morgan fingerprint density at radius 2 is 2.20 bits per heavy atom. The molecule has 0 unspecified atom stereocenters. The SMILES string of the molecule is CCNc1cc(C(=O)NCc2cnc(C)s2)c(Cl)cn1. The largest absolute Gasteiger partial charge is 0.370 e. The van der Waals surface area contributed by atoms with Gasteiger partial charge in [0.1, 0.15) is 5.82 Å². The van der Waals surface area contributed by atoms with Crippen LogP contribution in [0.1, 0.15) is 27.2 Å². The van der Waals surface area contributed by atoms with Crippen molar-refractivity contribution in [2.75, 3.05) is 11.9 Å². The highest BCUT2D eigenvalue weighted by molar-refractivity contribution is 7.11. The summed E-state index contributed by atoms with van der Waals surface area (Å²) in [7, 11) is 0. The van der Waals surface area contributed by atoms with Crippen LogP contribution < -0.4 is 10.6 Å². The summed E-state index contributed by atoms with van der Waals surface area (Å²) in [6, 6.07) is 1.65. The maximum atomic E-state index is 12.1. The van der Waals surface area contributed by atoms with E-state index in [-0.39, 0.29) is 5.91 Å². The first-order valence-electron chi connectivity index (χ1n) is 6.19. The van der Waals surface area contributed by atoms with Crippen LogP contribution in [0.2, 0.25) is 5.02 Å². The van der Waals surface area contributed by atoms with Gasteiger partial charge in [-0.1, -0.05) is 11.6 Å². The van der Waals surface area contributed by atoms with Gasteiger partial charge in [0.2, 0.25) is 0 Å². The molecule has 0 radical (unpaired) electrons. The van der Waals surface area contributed by atoms with Gasteiger partial charge >= 0.3 is 0 Å². The Morgan fingerprint density at radius 3 is 2.85 bits per heavy atom. The molecule has 0 fully saturated rings. The minimum absolute atomic E-state index is 0.220. The molecule has 1 amide bonds. The van der Waals surface area contributed by atoms with Crippen LogP contribution in [0.4, 0.5) is 5.82 Å². The number of aryl methyl sites for hydroxylation is 1. The minimum atomic E-state index is -0.220. The zero-order chi connectivity index (χ0) is 14.5. The summed E-state index contributed by atoms with van der Waals surface area (Å²) >= 11 is 7.57. The third-order valence-corrected chi connectivity index (χ3v) is 3.76. The van der Waals surface area contributed by atoms with Crippen molar-refractivity contribution in [2.45, 2.75) is 20.4 Å². The van der Waals surface area contributed by atoms with Crippen molar-refractivity contribution in [3.63, 3.8) is 0 Å². The first-order chi connectivity index (χ1) is 9.60. The van der Waals surface area contributed by atoms with Crippen LogP contribution >= 0.6 is 22.9 Å². The summed E-state index contributed by atoms with van der Waals surface area (Å²) in [5.74, 6) is 0.415. The molecular formula is C13H15ClN4OS. The van der Waals surface area contributed by atoms with Crippen LogP contribution in [-0.2, 0) is 6.54 Å². The highest BCUT2D eigenvalue weighted by Crippen LogP contribution is 2.18. The Kier molecular flexibility index (Phi) is 4.92. The molecule has 2 aromatic rings. The van der Waals surface area contributed by atoms with Crippen LogP contribution in [0.3, 0.4) is 0 Å². The number of pyridine rings is 1. The highest BCUT2D eigenvalue weighted by Gasteiger charge is 2.12. The zero-order valence-corrected chi connectivity index (χ0v) is 12.8. The lowest BCUT2D eigenvalue weighted by molar-refractivity contribution is 0.0951. The number of carbonyl (C=O) groups is 1. The molecule has 0 aliphatic heterocycles. The number of anilines is 1. The van der Waals surface area contributed by atoms with Gasteiger partial charge in [-0.15, -0.1) is 11.3 Å². The third-order valence-electron chi connectivity index (χ3n) is 2.55. The molecule has 0 aromatic carbocycles. The maximum absolute atomic E-state index is 12.1. The van der Waals surface area contributed by atoms with Gasteiger partial charge in [-0.2, -0.15) is 0 Å². The van der Waals surface area contributed by atoms with Gasteiger partial charge in [0.05, 0.1) is 22.1 Å². The second kappa shape index (κ2) is 6.67. The van der Waals surface area contributed by atoms with Crippen LogP contribution in [-0.4, -0.2) is 22.4 Å². The van der Waals surface area contributed by atoms with E-state index in [1.165, 1.54) is 6.20 Å². The van der Waals surface area contributed by atoms with E-state index in [2.05, 4.69) is 20.6 Å². The Bertz CT molecular complexity index is 614. The first kappa shape index (κ1) is 14.7. The van der Waals surface area contributed by atoms with Crippen LogP contribution in [0.25, 0.3) is 0 Å². The third kappa shape index (κ3) is 3.68. The molecule has 2 aromatic heterocycles. The fourth-order valence-corrected chi connectivity index (χ4v) is 2.56. The first-order valence-corrected chi connectivity index (χ1v) is 7.38. The maximum Gasteiger partial charge on any atom is 0.253 e. The number of hydrogen-bond donors (Lipinski definition) is 2. The van der Waals surface area contributed by atoms with Gasteiger partial charge in [0.25, 0.3) is 5.91 Å². The molecule has 0 aliphatic carbocycles. The molecular weight excluding hydrogens is 296 g/mol. The molecule has 2 heterocycles. The van der Waals surface area contributed by atoms with Gasteiger partial charge in [-0.3, -0.25) is 4.79 Å². The molecule has 2 rings (SSSR count). The van der Waals surface area contributed by atoms with E-state index in [4.69, 9.17) is 11.6 Å². The lowest BCUT2D eigenvalue weighted by Gasteiger charge is -2.08. The lowest BCUT2D eigenvalue weighted by Crippen LogP contribution is -2.23. The molecule has 0 bridgehead atoms. The number of carbonyl (C=O) groups excluding carboxylic acids is 1. The zero-order valence-electron chi connectivity index (χ0n) is 11.2. The smallest absolute Gasteiger partial charge is 0.253 e. The monoisotopic (exact) mass is 310 g/mol. The van der Waals surface area contributed by atoms with Crippen LogP contribution in [0, 0.1) is 6.92 Å². The van der Waals surface area contributed by atoms with Crippen molar-refractivity contribution in [3.05, 3.63) is 38.9 Å². The van der Waals surface area contributed by atoms with E-state index in [1.807, 2.05) is 13.8 Å². The standard InChI is InChI=1S/C13H15ClN4OS/c1-3-15-12-4-10(11(14)7-17-12)13(19)18-6-9-5-16-8(2)20-9/h4-5,7H,3,6H2,1-2H3,(H,15,17)(H,18,19). The number of nitrogens with one attached hydrogen (secondary N) is 2. The van der Waals surface area contributed by atoms with E-state index >= 15 is 0 Å². The summed E-state index contributed by atoms with van der Waals surface area (Å²) in [5, 5.41) is 7.19. The number of thiazole rings is 1. The average molecular weight is 311 g/mol. The molecule has 0 saturated carbocycles. The lowest BCUT2D eigenvalue weighted by atomic mass is 10.2. The van der Waals surface area contributed by atoms with Crippen molar-refractivity contribution >= 4 is 34.7 Å². The topological polar surface area (TPSA) is 66.9 Å². The van der Waals surface area contributed by atoms with Gasteiger partial charge in [-0.25, -0.2) is 9.97 Å². The normalized spacial score (nSPS) is 10.3. The molecule has 0 atom stereocenters. The molecule has 0 saturated heterocycles. The molecule has 0 spiro atoms. The molecule has 2 N–H and O–H groups in total. The summed E-state index contributed by atoms with van der Waals surface area (Å²) in [6.45, 7) is 5.07. The van der Waals surface area contributed by atoms with E-state index in [9.17, 15) is 4.79 Å². The fourth-order valence-electron chi connectivity index (χ4n) is 1.64. The Balaban J connectivity index is 2.06. The molecule has 5 nitrogen and oxygen atoms in total. The number of halogens is 1. The number of amides is 1. The summed E-state index contributed by atoms with van der Waals surface area (Å²) < 4.78 is 0. The Morgan fingerprint density at radius 1 is 1.40 bits per heavy atom. The molecule has 7 heteroatoms. The summed E-state index contributed by atoms with van der Waals surface area (Å²) in [5.41, 5.74) is 0.416. The Labute approximate surface area is 126 Å². The van der Waals surface area contributed by atoms with Gasteiger partial charge < -0.3 is 10.6 Å². The van der Waals surface area contributed by atoms with E-state index in [0.717, 1.165) is 16.4 Å². The van der Waals surface area contributed by atoms with E-state index in [1.54, 1.807) is 23.6 Å². The van der Waals surface area contributed by atoms with E-state index in [0.29, 0.717) is 22.9 Å². The summed E-state index contributed by atoms with van der Waals surface area (Å²) in [4.78, 5) is 21.4. The number of nitrogens with zero attached hydrogens (tertiary/aromatic N) is 2. The van der Waals surface area contributed by atoms with Crippen molar-refractivity contribution in [1.29, 1.82) is 0 Å². The molecule has 106 valence electrons. The quantitative estimate of drug-likeness (QED) is 0.891. The predicted molar refractivity (Wildman–Crippen MR) is 81.4 cm³/mol. The fraction of sp³-hybridized carbons (Fsp3) is 0.308. The summed E-state index contributed by atoms with van der Waals surface area (Å²) in [6.07, 6.45) is 3.24. The molecule has 20 heavy (non-hydrogen) atoms. The van der Waals surface area contributed by atoms with Crippen molar-refractivity contribution < 1.29 is 4.79 Å². The van der Waals surface area contributed by atoms with Gasteiger partial charge in [0.15, 0.2) is 0 Å². The second-order valence-electron chi connectivity index (χ2n) is 4.11. The van der Waals surface area contributed by atoms with Crippen molar-refractivity contribution in [2.24, 2.45) is 0 Å². The average Bonchev–Trinajstić information content (AvgIpc) is 2.84. The second-order valence-corrected chi connectivity index (χ2v) is 5.83. The predicted octanol–water partition coefficient (Wildman–Crippen LogP) is 2.86. The number of rotatable bonds is 5. The van der Waals surface area contributed by atoms with Crippen molar-refractivity contribution in [1.82, 2.24) is 15.3 Å². The van der Waals surface area contributed by atoms with Crippen LogP contribution in [0.15, 0.2) is 18.5 Å². The number of hydrogen-bond acceptors (Lipinski definition) is 5. The van der Waals surface area contributed by atoms with Gasteiger partial charge in [-0.05, 0) is 19.9 Å². The molecule has 0 aliphatic rings. The number of aromatic nitrogens is 2. The van der Waals surface area contributed by atoms with Crippen LogP contribution in [0.5, 0.6) is 0 Å². The Hall–Kier alpha value is -1.66. The van der Waals surface area contributed by atoms with E-state index < -0.39 is 0 Å². The van der Waals surface area contributed by atoms with Crippen molar-refractivity contribution in [3.8, 4) is 0 Å². The van der Waals surface area contributed by atoms with Gasteiger partial charge in [0, 0.05) is 23.8 Å².